The van der Waals surface area contributed by atoms with Gasteiger partial charge in [0.25, 0.3) is 0 Å². The second kappa shape index (κ2) is 9.80. The number of nitrogens with zero attached hydrogens (tertiary/aromatic N) is 4. The quantitative estimate of drug-likeness (QED) is 0.390. The molecule has 0 amide bonds. The number of thiol groups is 1. The van der Waals surface area contributed by atoms with Gasteiger partial charge in [-0.05, 0) is 73.5 Å². The van der Waals surface area contributed by atoms with E-state index in [1.54, 1.807) is 6.20 Å². The van der Waals surface area contributed by atoms with E-state index in [0.29, 0.717) is 12.2 Å². The number of hydrogen-bond acceptors (Lipinski definition) is 4. The second-order valence-electron chi connectivity index (χ2n) is 7.11. The average Bonchev–Trinajstić information content (AvgIpc) is 3.16. The van der Waals surface area contributed by atoms with Crippen molar-refractivity contribution in [3.63, 3.8) is 0 Å². The third-order valence-corrected chi connectivity index (χ3v) is 4.74. The minimum absolute atomic E-state index is 0.0451. The molecule has 0 bridgehead atoms. The maximum absolute atomic E-state index is 11.9. The molecule has 0 spiro atoms. The van der Waals surface area contributed by atoms with Crippen LogP contribution < -0.4 is 0 Å². The Hall–Kier alpha value is -2.80. The van der Waals surface area contributed by atoms with Crippen molar-refractivity contribution < 1.29 is 8.78 Å². The fourth-order valence-electron chi connectivity index (χ4n) is 2.98. The lowest BCUT2D eigenvalue weighted by Gasteiger charge is -2.07. The minimum atomic E-state index is -2.50. The molecule has 0 aliphatic carbocycles. The maximum Gasteiger partial charge on any atom is 0.245 e. The van der Waals surface area contributed by atoms with Crippen LogP contribution in [0, 0.1) is 6.92 Å². The molecule has 1 aromatic carbocycles. The molecule has 0 aliphatic heterocycles. The minimum Gasteiger partial charge on any atom is -0.262 e. The van der Waals surface area contributed by atoms with Crippen LogP contribution in [0.25, 0.3) is 27.8 Å². The normalized spacial score (nSPS) is 11.2. The van der Waals surface area contributed by atoms with Gasteiger partial charge in [0.1, 0.15) is 0 Å². The third-order valence-electron chi connectivity index (χ3n) is 4.42. The Labute approximate surface area is 180 Å². The standard InChI is InChI=1S/C18H14N4.C5H10F2S/c1-13-10-15(7-9-19-13)14-4-2-6-17(11-14)22-18-16(12-21-22)5-3-8-20-18;1-5(6,7)3-2-4-8/h2-12H,1H3;8H,2-4H2,1H3. The number of rotatable bonds is 5. The average molecular weight is 427 g/mol. The van der Waals surface area contributed by atoms with E-state index in [1.807, 2.05) is 54.3 Å². The van der Waals surface area contributed by atoms with Crippen molar-refractivity contribution >= 4 is 23.7 Å². The molecule has 0 saturated heterocycles. The summed E-state index contributed by atoms with van der Waals surface area (Å²) >= 11 is 3.80. The Kier molecular flexibility index (Phi) is 7.15. The second-order valence-corrected chi connectivity index (χ2v) is 7.55. The summed E-state index contributed by atoms with van der Waals surface area (Å²) in [5, 5.41) is 5.49. The number of fused-ring (bicyclic) bond motifs is 1. The van der Waals surface area contributed by atoms with E-state index >= 15 is 0 Å². The van der Waals surface area contributed by atoms with E-state index in [-0.39, 0.29) is 6.42 Å². The molecule has 0 atom stereocenters. The van der Waals surface area contributed by atoms with Crippen LogP contribution in [0.1, 0.15) is 25.5 Å². The predicted molar refractivity (Wildman–Crippen MR) is 121 cm³/mol. The number of pyridine rings is 2. The molecule has 3 aromatic heterocycles. The van der Waals surface area contributed by atoms with Crippen molar-refractivity contribution in [2.24, 2.45) is 0 Å². The Morgan fingerprint density at radius 2 is 1.80 bits per heavy atom. The lowest BCUT2D eigenvalue weighted by atomic mass is 10.1. The van der Waals surface area contributed by atoms with Crippen molar-refractivity contribution in [2.45, 2.75) is 32.6 Å². The lowest BCUT2D eigenvalue weighted by molar-refractivity contribution is 0.0126. The first kappa shape index (κ1) is 21.9. The summed E-state index contributed by atoms with van der Waals surface area (Å²) in [6.07, 6.45) is 5.91. The topological polar surface area (TPSA) is 43.6 Å². The SMILES string of the molecule is CC(F)(F)CCCS.Cc1cc(-c2cccc(-n3ncc4cccnc43)c2)ccn1. The maximum atomic E-state index is 11.9. The molecule has 0 fully saturated rings. The molecular weight excluding hydrogens is 402 g/mol. The third kappa shape index (κ3) is 5.86. The molecule has 0 saturated carbocycles. The van der Waals surface area contributed by atoms with E-state index < -0.39 is 5.92 Å². The van der Waals surface area contributed by atoms with Gasteiger partial charge in [-0.1, -0.05) is 12.1 Å². The summed E-state index contributed by atoms with van der Waals surface area (Å²) in [5.41, 5.74) is 5.17. The summed E-state index contributed by atoms with van der Waals surface area (Å²) in [5.74, 6) is -1.95. The van der Waals surface area contributed by atoms with Crippen molar-refractivity contribution in [1.29, 1.82) is 0 Å². The molecule has 156 valence electrons. The fraction of sp³-hybridized carbons (Fsp3) is 0.261. The Morgan fingerprint density at radius 3 is 2.50 bits per heavy atom. The van der Waals surface area contributed by atoms with Gasteiger partial charge >= 0.3 is 0 Å². The molecule has 0 N–H and O–H groups in total. The van der Waals surface area contributed by atoms with Crippen LogP contribution in [-0.4, -0.2) is 31.4 Å². The van der Waals surface area contributed by atoms with Crippen LogP contribution in [-0.2, 0) is 0 Å². The Morgan fingerprint density at radius 1 is 1.00 bits per heavy atom. The molecule has 7 heteroatoms. The van der Waals surface area contributed by atoms with E-state index in [2.05, 4.69) is 45.9 Å². The smallest absolute Gasteiger partial charge is 0.245 e. The predicted octanol–water partition coefficient (Wildman–Crippen LogP) is 6.14. The monoisotopic (exact) mass is 426 g/mol. The highest BCUT2D eigenvalue weighted by molar-refractivity contribution is 7.80. The largest absolute Gasteiger partial charge is 0.262 e. The van der Waals surface area contributed by atoms with Crippen molar-refractivity contribution in [3.05, 3.63) is 72.8 Å². The zero-order valence-electron chi connectivity index (χ0n) is 17.0. The molecule has 4 rings (SSSR count). The van der Waals surface area contributed by atoms with Crippen LogP contribution in [0.15, 0.2) is 67.1 Å². The number of alkyl halides is 2. The van der Waals surface area contributed by atoms with Crippen molar-refractivity contribution in [1.82, 2.24) is 19.7 Å². The molecular formula is C23H24F2N4S. The van der Waals surface area contributed by atoms with Crippen LogP contribution in [0.3, 0.4) is 0 Å². The van der Waals surface area contributed by atoms with Crippen LogP contribution in [0.5, 0.6) is 0 Å². The highest BCUT2D eigenvalue weighted by Gasteiger charge is 2.18. The summed E-state index contributed by atoms with van der Waals surface area (Å²) in [7, 11) is 0. The van der Waals surface area contributed by atoms with Gasteiger partial charge in [-0.25, -0.2) is 18.4 Å². The van der Waals surface area contributed by atoms with Crippen LogP contribution in [0.4, 0.5) is 8.78 Å². The first-order valence-corrected chi connectivity index (χ1v) is 10.3. The van der Waals surface area contributed by atoms with Gasteiger partial charge in [-0.15, -0.1) is 0 Å². The summed E-state index contributed by atoms with van der Waals surface area (Å²) in [4.78, 5) is 8.68. The molecule has 0 aliphatic rings. The number of hydrogen-bond donors (Lipinski definition) is 1. The highest BCUT2D eigenvalue weighted by atomic mass is 32.1. The summed E-state index contributed by atoms with van der Waals surface area (Å²) in [6.45, 7) is 2.93. The van der Waals surface area contributed by atoms with Gasteiger partial charge in [-0.2, -0.15) is 17.7 Å². The number of aryl methyl sites for hydroxylation is 1. The van der Waals surface area contributed by atoms with Gasteiger partial charge in [0.2, 0.25) is 5.92 Å². The van der Waals surface area contributed by atoms with Crippen molar-refractivity contribution in [3.8, 4) is 16.8 Å². The van der Waals surface area contributed by atoms with E-state index in [0.717, 1.165) is 40.5 Å². The van der Waals surface area contributed by atoms with Crippen LogP contribution in [0.2, 0.25) is 0 Å². The summed E-state index contributed by atoms with van der Waals surface area (Å²) < 4.78 is 25.6. The summed E-state index contributed by atoms with van der Waals surface area (Å²) in [6, 6.07) is 16.3. The first-order valence-electron chi connectivity index (χ1n) is 9.68. The molecule has 30 heavy (non-hydrogen) atoms. The van der Waals surface area contributed by atoms with Crippen LogP contribution >= 0.6 is 12.6 Å². The zero-order chi connectivity index (χ0) is 21.6. The molecule has 4 nitrogen and oxygen atoms in total. The fourth-order valence-corrected chi connectivity index (χ4v) is 3.14. The Bertz CT molecular complexity index is 1110. The van der Waals surface area contributed by atoms with Gasteiger partial charge in [0, 0.05) is 29.9 Å². The van der Waals surface area contributed by atoms with E-state index in [1.165, 1.54) is 0 Å². The highest BCUT2D eigenvalue weighted by Crippen LogP contribution is 2.24. The number of aromatic nitrogens is 4. The Balaban J connectivity index is 0.000000275. The van der Waals surface area contributed by atoms with Gasteiger partial charge in [-0.3, -0.25) is 4.98 Å². The lowest BCUT2D eigenvalue weighted by Crippen LogP contribution is -2.08. The number of benzene rings is 1. The molecule has 3 heterocycles. The van der Waals surface area contributed by atoms with Gasteiger partial charge < -0.3 is 0 Å². The first-order chi connectivity index (χ1) is 14.4. The van der Waals surface area contributed by atoms with Crippen molar-refractivity contribution in [2.75, 3.05) is 5.75 Å². The molecule has 4 aromatic rings. The van der Waals surface area contributed by atoms with E-state index in [9.17, 15) is 8.78 Å². The van der Waals surface area contributed by atoms with E-state index in [4.69, 9.17) is 0 Å². The van der Waals surface area contributed by atoms with Gasteiger partial charge in [0.15, 0.2) is 5.65 Å². The molecule has 0 radical (unpaired) electrons. The van der Waals surface area contributed by atoms with Gasteiger partial charge in [0.05, 0.1) is 11.9 Å². The number of halogens is 2. The molecule has 0 unspecified atom stereocenters. The zero-order valence-corrected chi connectivity index (χ0v) is 17.9.